The molecule has 5 nitrogen and oxygen atoms in total. The van der Waals surface area contributed by atoms with E-state index in [0.29, 0.717) is 5.02 Å². The van der Waals surface area contributed by atoms with Crippen LogP contribution < -0.4 is 10.5 Å². The summed E-state index contributed by atoms with van der Waals surface area (Å²) in [6.07, 6.45) is 2.81. The second kappa shape index (κ2) is 5.61. The van der Waals surface area contributed by atoms with E-state index in [9.17, 15) is 0 Å². The first-order valence-corrected chi connectivity index (χ1v) is 6.10. The summed E-state index contributed by atoms with van der Waals surface area (Å²) in [5, 5.41) is 8.24. The van der Waals surface area contributed by atoms with E-state index in [1.807, 2.05) is 0 Å². The number of nitrogen functional groups attached to an aromatic ring is 1. The zero-order chi connectivity index (χ0) is 14.0. The predicted molar refractivity (Wildman–Crippen MR) is 74.6 cm³/mol. The van der Waals surface area contributed by atoms with E-state index >= 15 is 0 Å². The van der Waals surface area contributed by atoms with Gasteiger partial charge in [-0.3, -0.25) is 5.41 Å². The molecule has 0 bridgehead atoms. The van der Waals surface area contributed by atoms with Gasteiger partial charge in [-0.15, -0.1) is 0 Å². The minimum Gasteiger partial charge on any atom is -0.435 e. The summed E-state index contributed by atoms with van der Waals surface area (Å²) in [7, 11) is 0. The first-order chi connectivity index (χ1) is 8.99. The van der Waals surface area contributed by atoms with Gasteiger partial charge >= 0.3 is 0 Å². The van der Waals surface area contributed by atoms with E-state index in [2.05, 4.69) is 9.97 Å². The molecular formula is C11H7Cl3N4O. The molecule has 1 aromatic heterocycles. The number of rotatable bonds is 3. The van der Waals surface area contributed by atoms with Crippen LogP contribution in [0.25, 0.3) is 0 Å². The van der Waals surface area contributed by atoms with Crippen LogP contribution in [0.1, 0.15) is 5.69 Å². The zero-order valence-electron chi connectivity index (χ0n) is 9.32. The normalized spacial score (nSPS) is 10.3. The van der Waals surface area contributed by atoms with Crippen molar-refractivity contribution in [1.29, 1.82) is 5.41 Å². The first kappa shape index (κ1) is 13.9. The number of benzene rings is 1. The number of nitrogens with zero attached hydrogens (tertiary/aromatic N) is 2. The summed E-state index contributed by atoms with van der Waals surface area (Å²) in [6.45, 7) is 0. The average molecular weight is 318 g/mol. The van der Waals surface area contributed by atoms with Crippen LogP contribution in [-0.2, 0) is 0 Å². The maximum atomic E-state index is 7.39. The molecule has 0 amide bonds. The molecule has 0 aliphatic carbocycles. The van der Waals surface area contributed by atoms with Gasteiger partial charge in [-0.2, -0.15) is 0 Å². The molecule has 2 aromatic rings. The number of nitrogens with one attached hydrogen (secondary N) is 1. The highest BCUT2D eigenvalue weighted by Crippen LogP contribution is 2.36. The van der Waals surface area contributed by atoms with Gasteiger partial charge in [-0.05, 0) is 6.07 Å². The van der Waals surface area contributed by atoms with Gasteiger partial charge in [0, 0.05) is 18.5 Å². The van der Waals surface area contributed by atoms with Crippen molar-refractivity contribution in [1.82, 2.24) is 9.97 Å². The van der Waals surface area contributed by atoms with E-state index in [1.165, 1.54) is 24.5 Å². The molecule has 0 unspecified atom stereocenters. The van der Waals surface area contributed by atoms with Crippen molar-refractivity contribution in [3.63, 3.8) is 0 Å². The highest BCUT2D eigenvalue weighted by molar-refractivity contribution is 6.43. The van der Waals surface area contributed by atoms with Crippen molar-refractivity contribution >= 4 is 40.6 Å². The fourth-order valence-corrected chi connectivity index (χ4v) is 1.85. The van der Waals surface area contributed by atoms with Crippen LogP contribution in [0.4, 0.5) is 0 Å². The number of amidine groups is 1. The lowest BCUT2D eigenvalue weighted by atomic mass is 10.3. The van der Waals surface area contributed by atoms with Crippen molar-refractivity contribution in [2.24, 2.45) is 5.73 Å². The maximum absolute atomic E-state index is 7.39. The van der Waals surface area contributed by atoms with E-state index < -0.39 is 0 Å². The predicted octanol–water partition coefficient (Wildman–Crippen LogP) is 3.51. The molecule has 0 radical (unpaired) electrons. The Labute approximate surface area is 123 Å². The molecule has 0 fully saturated rings. The Hall–Kier alpha value is -1.56. The molecule has 98 valence electrons. The number of aromatic nitrogens is 2. The van der Waals surface area contributed by atoms with Gasteiger partial charge < -0.3 is 10.5 Å². The third-order valence-electron chi connectivity index (χ3n) is 2.10. The Kier molecular flexibility index (Phi) is 4.09. The van der Waals surface area contributed by atoms with Crippen LogP contribution in [-0.4, -0.2) is 15.8 Å². The largest absolute Gasteiger partial charge is 0.435 e. The van der Waals surface area contributed by atoms with Gasteiger partial charge in [0.05, 0.1) is 15.1 Å². The average Bonchev–Trinajstić information content (AvgIpc) is 2.36. The van der Waals surface area contributed by atoms with Crippen LogP contribution in [0, 0.1) is 5.41 Å². The Bertz CT molecular complexity index is 648. The molecule has 0 aliphatic rings. The second-order valence-corrected chi connectivity index (χ2v) is 4.64. The lowest BCUT2D eigenvalue weighted by Crippen LogP contribution is -2.15. The molecule has 0 saturated carbocycles. The highest BCUT2D eigenvalue weighted by Gasteiger charge is 2.14. The quantitative estimate of drug-likeness (QED) is 0.515. The second-order valence-electron chi connectivity index (χ2n) is 3.42. The summed E-state index contributed by atoms with van der Waals surface area (Å²) in [4.78, 5) is 7.85. The molecule has 19 heavy (non-hydrogen) atoms. The van der Waals surface area contributed by atoms with Gasteiger partial charge in [-0.25, -0.2) is 9.97 Å². The van der Waals surface area contributed by atoms with Crippen molar-refractivity contribution in [2.75, 3.05) is 0 Å². The molecular weight excluding hydrogens is 311 g/mol. The monoisotopic (exact) mass is 316 g/mol. The summed E-state index contributed by atoms with van der Waals surface area (Å²) < 4.78 is 5.47. The van der Waals surface area contributed by atoms with Crippen LogP contribution in [0.5, 0.6) is 11.6 Å². The van der Waals surface area contributed by atoms with Gasteiger partial charge in [0.1, 0.15) is 11.6 Å². The fraction of sp³-hybridized carbons (Fsp3) is 0. The molecule has 0 saturated heterocycles. The number of nitrogens with two attached hydrogens (primary N) is 1. The number of halogens is 3. The standard InChI is InChI=1S/C11H7Cl3N4O/c12-5-3-7(14)8(4-6(5)13)19-11-9(10(15)16)17-1-2-18-11/h1-4H,(H3,15,16). The number of ether oxygens (including phenoxy) is 1. The van der Waals surface area contributed by atoms with Crippen LogP contribution in [0.15, 0.2) is 24.5 Å². The molecule has 1 heterocycles. The van der Waals surface area contributed by atoms with Crippen molar-refractivity contribution in [2.45, 2.75) is 0 Å². The fourth-order valence-electron chi connectivity index (χ4n) is 1.27. The van der Waals surface area contributed by atoms with Gasteiger partial charge in [0.25, 0.3) is 0 Å². The van der Waals surface area contributed by atoms with Crippen LogP contribution in [0.2, 0.25) is 15.1 Å². The minimum atomic E-state index is -0.265. The summed E-state index contributed by atoms with van der Waals surface area (Å²) in [5.41, 5.74) is 5.50. The summed E-state index contributed by atoms with van der Waals surface area (Å²) in [5.74, 6) is 0.0497. The lowest BCUT2D eigenvalue weighted by Gasteiger charge is -2.10. The Balaban J connectivity index is 2.42. The molecule has 2 rings (SSSR count). The van der Waals surface area contributed by atoms with Crippen LogP contribution >= 0.6 is 34.8 Å². The van der Waals surface area contributed by atoms with Crippen LogP contribution in [0.3, 0.4) is 0 Å². The van der Waals surface area contributed by atoms with Gasteiger partial charge in [-0.1, -0.05) is 34.8 Å². The molecule has 8 heteroatoms. The lowest BCUT2D eigenvalue weighted by molar-refractivity contribution is 0.459. The molecule has 3 N–H and O–H groups in total. The van der Waals surface area contributed by atoms with E-state index in [-0.39, 0.29) is 33.2 Å². The molecule has 0 aliphatic heterocycles. The van der Waals surface area contributed by atoms with Crippen molar-refractivity contribution < 1.29 is 4.74 Å². The first-order valence-electron chi connectivity index (χ1n) is 4.97. The third-order valence-corrected chi connectivity index (χ3v) is 3.12. The van der Waals surface area contributed by atoms with Gasteiger partial charge in [0.15, 0.2) is 5.69 Å². The Morgan fingerprint density at radius 1 is 1.05 bits per heavy atom. The summed E-state index contributed by atoms with van der Waals surface area (Å²) >= 11 is 17.7. The Morgan fingerprint density at radius 3 is 2.37 bits per heavy atom. The van der Waals surface area contributed by atoms with Gasteiger partial charge in [0.2, 0.25) is 5.88 Å². The van der Waals surface area contributed by atoms with E-state index in [0.717, 1.165) is 0 Å². The molecule has 0 atom stereocenters. The van der Waals surface area contributed by atoms with E-state index in [4.69, 9.17) is 50.7 Å². The van der Waals surface area contributed by atoms with E-state index in [1.54, 1.807) is 0 Å². The number of hydrogen-bond acceptors (Lipinski definition) is 4. The zero-order valence-corrected chi connectivity index (χ0v) is 11.6. The molecule has 0 spiro atoms. The smallest absolute Gasteiger partial charge is 0.249 e. The summed E-state index contributed by atoms with van der Waals surface area (Å²) in [6, 6.07) is 2.90. The van der Waals surface area contributed by atoms with Crippen molar-refractivity contribution in [3.8, 4) is 11.6 Å². The topological polar surface area (TPSA) is 84.9 Å². The maximum Gasteiger partial charge on any atom is 0.249 e. The highest BCUT2D eigenvalue weighted by atomic mass is 35.5. The molecule has 1 aromatic carbocycles. The van der Waals surface area contributed by atoms with Crippen molar-refractivity contribution in [3.05, 3.63) is 45.3 Å². The third kappa shape index (κ3) is 3.07. The SMILES string of the molecule is N=C(N)c1nccnc1Oc1cc(Cl)c(Cl)cc1Cl. The Morgan fingerprint density at radius 2 is 1.68 bits per heavy atom. The minimum absolute atomic E-state index is 0.0651. The number of hydrogen-bond donors (Lipinski definition) is 2.